The summed E-state index contributed by atoms with van der Waals surface area (Å²) in [6, 6.07) is 4.76. The number of halogens is 2. The Morgan fingerprint density at radius 3 is 2.39 bits per heavy atom. The zero-order valence-corrected chi connectivity index (χ0v) is 19.2. The van der Waals surface area contributed by atoms with Gasteiger partial charge in [0, 0.05) is 32.7 Å². The fraction of sp³-hybridized carbons (Fsp3) is 0.579. The van der Waals surface area contributed by atoms with Crippen LogP contribution in [0.3, 0.4) is 0 Å². The minimum absolute atomic E-state index is 0. The Balaban J connectivity index is 0.00000392. The van der Waals surface area contributed by atoms with Gasteiger partial charge in [-0.3, -0.25) is 4.99 Å². The van der Waals surface area contributed by atoms with Crippen molar-refractivity contribution in [2.24, 2.45) is 10.7 Å². The summed E-state index contributed by atoms with van der Waals surface area (Å²) in [4.78, 5) is 20.1. The highest BCUT2D eigenvalue weighted by Gasteiger charge is 2.26. The molecule has 1 aromatic carbocycles. The molecule has 1 aliphatic rings. The molecular formula is C19H30FIN4O3. The summed E-state index contributed by atoms with van der Waals surface area (Å²) in [7, 11) is 1.44. The van der Waals surface area contributed by atoms with E-state index in [-0.39, 0.29) is 41.6 Å². The maximum absolute atomic E-state index is 13.4. The third-order valence-corrected chi connectivity index (χ3v) is 4.15. The molecule has 0 saturated carbocycles. The first-order chi connectivity index (χ1) is 12.7. The van der Waals surface area contributed by atoms with Crippen molar-refractivity contribution >= 4 is 36.0 Å². The van der Waals surface area contributed by atoms with Crippen molar-refractivity contribution in [3.8, 4) is 5.75 Å². The van der Waals surface area contributed by atoms with Gasteiger partial charge in [-0.05, 0) is 44.9 Å². The monoisotopic (exact) mass is 508 g/mol. The molecule has 2 rings (SSSR count). The Bertz CT molecular complexity index is 686. The molecule has 7 nitrogen and oxygen atoms in total. The van der Waals surface area contributed by atoms with Gasteiger partial charge in [-0.15, -0.1) is 24.0 Å². The summed E-state index contributed by atoms with van der Waals surface area (Å²) < 4.78 is 23.8. The molecule has 0 spiro atoms. The number of rotatable bonds is 4. The van der Waals surface area contributed by atoms with E-state index in [2.05, 4.69) is 4.99 Å². The molecule has 0 bridgehead atoms. The van der Waals surface area contributed by atoms with E-state index in [4.69, 9.17) is 15.2 Å². The predicted molar refractivity (Wildman–Crippen MR) is 118 cm³/mol. The number of amides is 1. The van der Waals surface area contributed by atoms with Gasteiger partial charge >= 0.3 is 6.09 Å². The van der Waals surface area contributed by atoms with Gasteiger partial charge in [0.25, 0.3) is 0 Å². The number of nitrogens with two attached hydrogens (primary N) is 1. The van der Waals surface area contributed by atoms with E-state index >= 15 is 0 Å². The molecule has 0 aliphatic carbocycles. The van der Waals surface area contributed by atoms with Gasteiger partial charge in [-0.1, -0.05) is 6.07 Å². The number of hydrogen-bond acceptors (Lipinski definition) is 4. The summed E-state index contributed by atoms with van der Waals surface area (Å²) >= 11 is 0. The van der Waals surface area contributed by atoms with Gasteiger partial charge in [0.15, 0.2) is 17.5 Å². The first kappa shape index (κ1) is 24.3. The minimum atomic E-state index is -0.502. The second kappa shape index (κ2) is 10.7. The highest BCUT2D eigenvalue weighted by atomic mass is 127. The van der Waals surface area contributed by atoms with Crippen LogP contribution in [0.2, 0.25) is 0 Å². The lowest BCUT2D eigenvalue weighted by atomic mass is 10.1. The van der Waals surface area contributed by atoms with Gasteiger partial charge < -0.3 is 25.0 Å². The lowest BCUT2D eigenvalue weighted by molar-refractivity contribution is 0.0186. The number of carbonyl (C=O) groups excluding carboxylic acids is 1. The van der Waals surface area contributed by atoms with Crippen LogP contribution in [0.15, 0.2) is 23.2 Å². The molecule has 0 unspecified atom stereocenters. The van der Waals surface area contributed by atoms with Gasteiger partial charge in [0.05, 0.1) is 7.11 Å². The number of carbonyl (C=O) groups is 1. The van der Waals surface area contributed by atoms with Crippen molar-refractivity contribution in [3.63, 3.8) is 0 Å². The van der Waals surface area contributed by atoms with E-state index in [0.717, 1.165) is 5.56 Å². The third kappa shape index (κ3) is 7.33. The topological polar surface area (TPSA) is 80.4 Å². The van der Waals surface area contributed by atoms with Gasteiger partial charge in [-0.2, -0.15) is 0 Å². The van der Waals surface area contributed by atoms with E-state index in [1.807, 2.05) is 25.7 Å². The molecular weight excluding hydrogens is 478 g/mol. The van der Waals surface area contributed by atoms with Crippen molar-refractivity contribution in [3.05, 3.63) is 29.6 Å². The van der Waals surface area contributed by atoms with Crippen LogP contribution in [0.1, 0.15) is 26.3 Å². The number of nitrogens with zero attached hydrogens (tertiary/aromatic N) is 3. The molecule has 1 aliphatic heterocycles. The largest absolute Gasteiger partial charge is 0.494 e. The van der Waals surface area contributed by atoms with E-state index in [0.29, 0.717) is 45.1 Å². The summed E-state index contributed by atoms with van der Waals surface area (Å²) in [6.07, 6.45) is 0.331. The first-order valence-corrected chi connectivity index (χ1v) is 9.05. The lowest BCUT2D eigenvalue weighted by Gasteiger charge is -2.36. The normalized spacial score (nSPS) is 15.1. The van der Waals surface area contributed by atoms with Crippen molar-refractivity contribution < 1.29 is 18.7 Å². The quantitative estimate of drug-likeness (QED) is 0.385. The molecule has 1 saturated heterocycles. The third-order valence-electron chi connectivity index (χ3n) is 4.15. The van der Waals surface area contributed by atoms with Gasteiger partial charge in [0.1, 0.15) is 5.60 Å². The fourth-order valence-corrected chi connectivity index (χ4v) is 2.70. The molecule has 1 fully saturated rings. The second-order valence-corrected chi connectivity index (χ2v) is 7.41. The Morgan fingerprint density at radius 2 is 1.82 bits per heavy atom. The predicted octanol–water partition coefficient (Wildman–Crippen LogP) is 2.86. The van der Waals surface area contributed by atoms with E-state index in [9.17, 15) is 9.18 Å². The van der Waals surface area contributed by atoms with Crippen LogP contribution in [0.4, 0.5) is 9.18 Å². The smallest absolute Gasteiger partial charge is 0.410 e. The summed E-state index contributed by atoms with van der Waals surface area (Å²) in [5.74, 6) is 0.294. The van der Waals surface area contributed by atoms with E-state index in [1.54, 1.807) is 17.0 Å². The Kier molecular flexibility index (Phi) is 9.25. The van der Waals surface area contributed by atoms with E-state index < -0.39 is 5.60 Å². The Labute approximate surface area is 183 Å². The standard InChI is InChI=1S/C19H29FN4O3.HI/c1-19(2,3)27-18(25)24-11-9-23(10-12-24)17(21)22-8-7-14-5-6-15(20)16(13-14)26-4;/h5-6,13H,7-12H2,1-4H3,(H2,21,22);1H. The molecule has 28 heavy (non-hydrogen) atoms. The minimum Gasteiger partial charge on any atom is -0.494 e. The molecule has 1 aromatic rings. The van der Waals surface area contributed by atoms with Crippen LogP contribution in [-0.4, -0.2) is 67.3 Å². The maximum Gasteiger partial charge on any atom is 0.410 e. The number of ether oxygens (including phenoxy) is 2. The molecule has 0 atom stereocenters. The zero-order chi connectivity index (χ0) is 20.0. The van der Waals surface area contributed by atoms with Gasteiger partial charge in [0.2, 0.25) is 0 Å². The van der Waals surface area contributed by atoms with E-state index in [1.165, 1.54) is 13.2 Å². The number of piperazine rings is 1. The number of guanidine groups is 1. The lowest BCUT2D eigenvalue weighted by Crippen LogP contribution is -2.53. The van der Waals surface area contributed by atoms with Crippen LogP contribution in [-0.2, 0) is 11.2 Å². The Hall–Kier alpha value is -1.78. The van der Waals surface area contributed by atoms with Crippen LogP contribution in [0.5, 0.6) is 5.75 Å². The molecule has 0 aromatic heterocycles. The van der Waals surface area contributed by atoms with Crippen LogP contribution >= 0.6 is 24.0 Å². The zero-order valence-electron chi connectivity index (χ0n) is 16.9. The highest BCUT2D eigenvalue weighted by molar-refractivity contribution is 14.0. The number of benzene rings is 1. The summed E-state index contributed by atoms with van der Waals surface area (Å²) in [5.41, 5.74) is 6.50. The number of aliphatic imine (C=N–C) groups is 1. The molecule has 1 heterocycles. The summed E-state index contributed by atoms with van der Waals surface area (Å²) in [6.45, 7) is 8.35. The molecule has 9 heteroatoms. The molecule has 1 amide bonds. The fourth-order valence-electron chi connectivity index (χ4n) is 2.70. The van der Waals surface area contributed by atoms with Crippen LogP contribution in [0, 0.1) is 5.82 Å². The van der Waals surface area contributed by atoms with Crippen molar-refractivity contribution in [1.82, 2.24) is 9.80 Å². The maximum atomic E-state index is 13.4. The first-order valence-electron chi connectivity index (χ1n) is 9.05. The van der Waals surface area contributed by atoms with Crippen LogP contribution in [0.25, 0.3) is 0 Å². The summed E-state index contributed by atoms with van der Waals surface area (Å²) in [5, 5.41) is 0. The second-order valence-electron chi connectivity index (χ2n) is 7.41. The molecule has 2 N–H and O–H groups in total. The van der Waals surface area contributed by atoms with Crippen molar-refractivity contribution in [2.45, 2.75) is 32.8 Å². The molecule has 0 radical (unpaired) electrons. The van der Waals surface area contributed by atoms with Gasteiger partial charge in [-0.25, -0.2) is 9.18 Å². The van der Waals surface area contributed by atoms with Crippen LogP contribution < -0.4 is 10.5 Å². The average Bonchev–Trinajstić information content (AvgIpc) is 2.61. The SMILES string of the molecule is COc1cc(CCN=C(N)N2CCN(C(=O)OC(C)(C)C)CC2)ccc1F.I. The molecule has 158 valence electrons. The Morgan fingerprint density at radius 1 is 1.21 bits per heavy atom. The van der Waals surface area contributed by atoms with Crippen molar-refractivity contribution in [2.75, 3.05) is 39.8 Å². The number of methoxy groups -OCH3 is 1. The van der Waals surface area contributed by atoms with Crippen molar-refractivity contribution in [1.29, 1.82) is 0 Å². The average molecular weight is 508 g/mol. The number of hydrogen-bond donors (Lipinski definition) is 1. The highest BCUT2D eigenvalue weighted by Crippen LogP contribution is 2.18.